The number of aromatic nitrogens is 1. The maximum Gasteiger partial charge on any atom is 0.257 e. The highest BCUT2D eigenvalue weighted by Gasteiger charge is 2.30. The van der Waals surface area contributed by atoms with E-state index in [0.717, 1.165) is 41.1 Å². The van der Waals surface area contributed by atoms with E-state index < -0.39 is 0 Å². The van der Waals surface area contributed by atoms with Crippen molar-refractivity contribution in [2.45, 2.75) is 31.7 Å². The fourth-order valence-electron chi connectivity index (χ4n) is 3.59. The molecule has 1 atom stereocenters. The van der Waals surface area contributed by atoms with Crippen LogP contribution in [0.4, 0.5) is 5.13 Å². The number of nitrogens with zero attached hydrogens (tertiary/aromatic N) is 1. The Morgan fingerprint density at radius 3 is 2.81 bits per heavy atom. The first-order valence-corrected chi connectivity index (χ1v) is 11.2. The summed E-state index contributed by atoms with van der Waals surface area (Å²) >= 11 is 7.32. The lowest BCUT2D eigenvalue weighted by Gasteiger charge is -2.20. The van der Waals surface area contributed by atoms with Gasteiger partial charge in [0.2, 0.25) is 5.91 Å². The van der Waals surface area contributed by atoms with Crippen molar-refractivity contribution in [2.24, 2.45) is 0 Å². The summed E-state index contributed by atoms with van der Waals surface area (Å²) < 4.78 is 5.23. The van der Waals surface area contributed by atoms with Crippen LogP contribution in [0.1, 0.15) is 45.3 Å². The third-order valence-electron chi connectivity index (χ3n) is 5.20. The summed E-state index contributed by atoms with van der Waals surface area (Å²) in [5.74, 6) is 0.144. The van der Waals surface area contributed by atoms with Crippen LogP contribution >= 0.6 is 22.9 Å². The standard InChI is InChI=1S/C23H22ClN3O3S/c1-30-17-5-2-4-14(12-17)13-25-22(29)18-6-3-7-19-20(18)26-23(31-19)27-21(28)15-8-10-16(24)11-9-15/h2,4-5,8-12,18H,3,6-7,13H2,1H3,(H,25,29)(H,26,27,28). The number of hydrogen-bond acceptors (Lipinski definition) is 5. The minimum atomic E-state index is -0.313. The molecule has 0 fully saturated rings. The zero-order valence-electron chi connectivity index (χ0n) is 17.0. The number of fused-ring (bicyclic) bond motifs is 1. The Kier molecular flexibility index (Phi) is 6.53. The predicted octanol–water partition coefficient (Wildman–Crippen LogP) is 4.79. The van der Waals surface area contributed by atoms with Gasteiger partial charge in [-0.2, -0.15) is 0 Å². The molecule has 0 saturated heterocycles. The summed E-state index contributed by atoms with van der Waals surface area (Å²) in [5, 5.41) is 6.94. The van der Waals surface area contributed by atoms with Crippen molar-refractivity contribution in [2.75, 3.05) is 12.4 Å². The number of carbonyl (C=O) groups is 2. The number of rotatable bonds is 6. The molecule has 0 aliphatic heterocycles. The minimum absolute atomic E-state index is 0.0513. The van der Waals surface area contributed by atoms with Gasteiger partial charge in [-0.1, -0.05) is 23.7 Å². The molecule has 3 aromatic rings. The lowest BCUT2D eigenvalue weighted by Crippen LogP contribution is -2.31. The maximum absolute atomic E-state index is 12.9. The van der Waals surface area contributed by atoms with Crippen LogP contribution in [0.25, 0.3) is 0 Å². The fourth-order valence-corrected chi connectivity index (χ4v) is 4.78. The number of thiazole rings is 1. The van der Waals surface area contributed by atoms with Crippen LogP contribution in [0, 0.1) is 0 Å². The van der Waals surface area contributed by atoms with Gasteiger partial charge in [0, 0.05) is 22.0 Å². The molecule has 1 aromatic heterocycles. The van der Waals surface area contributed by atoms with E-state index in [2.05, 4.69) is 15.6 Å². The molecule has 2 aromatic carbocycles. The molecule has 0 bridgehead atoms. The number of carbonyl (C=O) groups excluding carboxylic acids is 2. The molecule has 1 aliphatic rings. The first-order chi connectivity index (χ1) is 15.0. The molecule has 1 heterocycles. The number of nitrogens with one attached hydrogen (secondary N) is 2. The number of aryl methyl sites for hydroxylation is 1. The third kappa shape index (κ3) is 5.06. The van der Waals surface area contributed by atoms with Crippen LogP contribution in [-0.2, 0) is 17.8 Å². The highest BCUT2D eigenvalue weighted by atomic mass is 35.5. The van der Waals surface area contributed by atoms with E-state index in [1.165, 1.54) is 11.3 Å². The first-order valence-electron chi connectivity index (χ1n) is 10.0. The van der Waals surface area contributed by atoms with Gasteiger partial charge in [0.15, 0.2) is 5.13 Å². The number of anilines is 1. The minimum Gasteiger partial charge on any atom is -0.497 e. The van der Waals surface area contributed by atoms with Gasteiger partial charge >= 0.3 is 0 Å². The second kappa shape index (κ2) is 9.49. The van der Waals surface area contributed by atoms with E-state index in [0.29, 0.717) is 22.3 Å². The fraction of sp³-hybridized carbons (Fsp3) is 0.261. The van der Waals surface area contributed by atoms with Crippen molar-refractivity contribution in [1.82, 2.24) is 10.3 Å². The van der Waals surface area contributed by atoms with Gasteiger partial charge in [0.1, 0.15) is 5.75 Å². The van der Waals surface area contributed by atoms with Gasteiger partial charge in [0.05, 0.1) is 18.7 Å². The lowest BCUT2D eigenvalue weighted by molar-refractivity contribution is -0.123. The largest absolute Gasteiger partial charge is 0.497 e. The van der Waals surface area contributed by atoms with E-state index in [1.54, 1.807) is 31.4 Å². The second-order valence-corrected chi connectivity index (χ2v) is 8.82. The molecule has 160 valence electrons. The zero-order valence-corrected chi connectivity index (χ0v) is 18.6. The van der Waals surface area contributed by atoms with Crippen molar-refractivity contribution in [3.63, 3.8) is 0 Å². The van der Waals surface area contributed by atoms with Crippen LogP contribution < -0.4 is 15.4 Å². The number of ether oxygens (including phenoxy) is 1. The van der Waals surface area contributed by atoms with Crippen molar-refractivity contribution >= 4 is 39.9 Å². The monoisotopic (exact) mass is 455 g/mol. The molecule has 1 unspecified atom stereocenters. The van der Waals surface area contributed by atoms with Gasteiger partial charge in [-0.15, -0.1) is 11.3 Å². The Morgan fingerprint density at radius 1 is 1.23 bits per heavy atom. The van der Waals surface area contributed by atoms with Crippen LogP contribution in [0.15, 0.2) is 48.5 Å². The molecule has 2 N–H and O–H groups in total. The molecule has 4 rings (SSSR count). The van der Waals surface area contributed by atoms with Crippen molar-refractivity contribution in [1.29, 1.82) is 0 Å². The van der Waals surface area contributed by atoms with Crippen molar-refractivity contribution < 1.29 is 14.3 Å². The van der Waals surface area contributed by atoms with Crippen molar-refractivity contribution in [3.8, 4) is 5.75 Å². The number of hydrogen-bond donors (Lipinski definition) is 2. The smallest absolute Gasteiger partial charge is 0.257 e. The van der Waals surface area contributed by atoms with Crippen molar-refractivity contribution in [3.05, 3.63) is 75.3 Å². The molecular formula is C23H22ClN3O3S. The predicted molar refractivity (Wildman–Crippen MR) is 122 cm³/mol. The molecule has 2 amide bonds. The molecule has 8 heteroatoms. The number of benzene rings is 2. The summed E-state index contributed by atoms with van der Waals surface area (Å²) in [6.45, 7) is 0.423. The normalized spacial score (nSPS) is 15.1. The van der Waals surface area contributed by atoms with Gasteiger partial charge in [-0.25, -0.2) is 4.98 Å². The lowest BCUT2D eigenvalue weighted by atomic mass is 9.90. The topological polar surface area (TPSA) is 80.3 Å². The first kappa shape index (κ1) is 21.3. The molecule has 0 spiro atoms. The molecular weight excluding hydrogens is 434 g/mol. The van der Waals surface area contributed by atoms with Crippen LogP contribution in [0.2, 0.25) is 5.02 Å². The average Bonchev–Trinajstić information content (AvgIpc) is 3.20. The van der Waals surface area contributed by atoms with Crippen LogP contribution in [-0.4, -0.2) is 23.9 Å². The Morgan fingerprint density at radius 2 is 2.03 bits per heavy atom. The zero-order chi connectivity index (χ0) is 21.8. The van der Waals surface area contributed by atoms with Crippen LogP contribution in [0.5, 0.6) is 5.75 Å². The number of methoxy groups -OCH3 is 1. The summed E-state index contributed by atoms with van der Waals surface area (Å²) in [7, 11) is 1.62. The number of amides is 2. The third-order valence-corrected chi connectivity index (χ3v) is 6.50. The Balaban J connectivity index is 1.43. The maximum atomic E-state index is 12.9. The van der Waals surface area contributed by atoms with Crippen LogP contribution in [0.3, 0.4) is 0 Å². The Hall–Kier alpha value is -2.90. The molecule has 6 nitrogen and oxygen atoms in total. The van der Waals surface area contributed by atoms with E-state index >= 15 is 0 Å². The van der Waals surface area contributed by atoms with Gasteiger partial charge in [0.25, 0.3) is 5.91 Å². The van der Waals surface area contributed by atoms with E-state index in [9.17, 15) is 9.59 Å². The van der Waals surface area contributed by atoms with Gasteiger partial charge < -0.3 is 10.1 Å². The summed E-state index contributed by atoms with van der Waals surface area (Å²) in [6, 6.07) is 14.3. The SMILES string of the molecule is COc1cccc(CNC(=O)C2CCCc3sc(NC(=O)c4ccc(Cl)cc4)nc32)c1. The van der Waals surface area contributed by atoms with Gasteiger partial charge in [-0.3, -0.25) is 14.9 Å². The molecule has 1 aliphatic carbocycles. The van der Waals surface area contributed by atoms with E-state index in [4.69, 9.17) is 16.3 Å². The summed E-state index contributed by atoms with van der Waals surface area (Å²) in [6.07, 6.45) is 2.52. The average molecular weight is 456 g/mol. The highest BCUT2D eigenvalue weighted by molar-refractivity contribution is 7.16. The quantitative estimate of drug-likeness (QED) is 0.559. The summed E-state index contributed by atoms with van der Waals surface area (Å²) in [5.41, 5.74) is 2.24. The second-order valence-electron chi connectivity index (χ2n) is 7.30. The summed E-state index contributed by atoms with van der Waals surface area (Å²) in [4.78, 5) is 31.0. The molecule has 31 heavy (non-hydrogen) atoms. The molecule has 0 saturated carbocycles. The number of halogens is 1. The highest BCUT2D eigenvalue weighted by Crippen LogP contribution is 2.37. The molecule has 0 radical (unpaired) electrons. The Labute approximate surface area is 189 Å². The Bertz CT molecular complexity index is 1100. The van der Waals surface area contributed by atoms with E-state index in [1.807, 2.05) is 24.3 Å². The van der Waals surface area contributed by atoms with E-state index in [-0.39, 0.29) is 17.7 Å². The van der Waals surface area contributed by atoms with Gasteiger partial charge in [-0.05, 0) is 61.2 Å².